The lowest BCUT2D eigenvalue weighted by Crippen LogP contribution is -2.08. The fourth-order valence-electron chi connectivity index (χ4n) is 2.81. The highest BCUT2D eigenvalue weighted by molar-refractivity contribution is 6.29. The molecule has 3 nitrogen and oxygen atoms in total. The third-order valence-corrected chi connectivity index (χ3v) is 4.18. The molecule has 0 radical (unpaired) electrons. The standard InChI is InChI=1S/C20H15ClF3N3/c1-12-8-16(20(22,23)24)11-17(9-12)27-13(2)18(26-14(27)3)5-4-15-6-7-25-19(21)10-15/h6-11H,1-3H3. The Morgan fingerprint density at radius 3 is 2.44 bits per heavy atom. The zero-order chi connectivity index (χ0) is 19.8. The maximum atomic E-state index is 13.1. The minimum atomic E-state index is -4.41. The van der Waals surface area contributed by atoms with Crippen LogP contribution in [0, 0.1) is 32.6 Å². The molecule has 2 heterocycles. The average Bonchev–Trinajstić information content (AvgIpc) is 2.85. The first-order valence-corrected chi connectivity index (χ1v) is 8.42. The van der Waals surface area contributed by atoms with E-state index in [0.29, 0.717) is 39.2 Å². The van der Waals surface area contributed by atoms with Gasteiger partial charge in [0, 0.05) is 17.4 Å². The van der Waals surface area contributed by atoms with Crippen molar-refractivity contribution in [3.05, 3.63) is 75.6 Å². The molecule has 138 valence electrons. The van der Waals surface area contributed by atoms with E-state index < -0.39 is 11.7 Å². The number of halogens is 4. The molecule has 0 saturated heterocycles. The summed E-state index contributed by atoms with van der Waals surface area (Å²) in [6.07, 6.45) is -2.86. The number of hydrogen-bond acceptors (Lipinski definition) is 2. The van der Waals surface area contributed by atoms with Crippen molar-refractivity contribution in [2.24, 2.45) is 0 Å². The van der Waals surface area contributed by atoms with Crippen LogP contribution >= 0.6 is 11.6 Å². The second-order valence-corrected chi connectivity index (χ2v) is 6.49. The summed E-state index contributed by atoms with van der Waals surface area (Å²) in [7, 11) is 0. The van der Waals surface area contributed by atoms with Crippen molar-refractivity contribution in [1.82, 2.24) is 14.5 Å². The average molecular weight is 390 g/mol. The van der Waals surface area contributed by atoms with Crippen LogP contribution < -0.4 is 0 Å². The fraction of sp³-hybridized carbons (Fsp3) is 0.200. The number of aryl methyl sites for hydroxylation is 2. The van der Waals surface area contributed by atoms with Gasteiger partial charge in [0.25, 0.3) is 0 Å². The van der Waals surface area contributed by atoms with Gasteiger partial charge in [0.05, 0.1) is 11.3 Å². The Kier molecular flexibility index (Phi) is 4.99. The van der Waals surface area contributed by atoms with Crippen LogP contribution in [0.25, 0.3) is 5.69 Å². The fourth-order valence-corrected chi connectivity index (χ4v) is 2.98. The lowest BCUT2D eigenvalue weighted by atomic mass is 10.1. The smallest absolute Gasteiger partial charge is 0.300 e. The van der Waals surface area contributed by atoms with Crippen molar-refractivity contribution < 1.29 is 13.2 Å². The van der Waals surface area contributed by atoms with Crippen LogP contribution in [0.15, 0.2) is 36.5 Å². The molecule has 0 fully saturated rings. The minimum absolute atomic E-state index is 0.333. The minimum Gasteiger partial charge on any atom is -0.300 e. The topological polar surface area (TPSA) is 30.7 Å². The molecular weight excluding hydrogens is 375 g/mol. The Bertz CT molecular complexity index is 1070. The van der Waals surface area contributed by atoms with Gasteiger partial charge in [-0.3, -0.25) is 4.57 Å². The van der Waals surface area contributed by atoms with E-state index in [1.54, 1.807) is 49.7 Å². The number of benzene rings is 1. The number of pyridine rings is 1. The maximum Gasteiger partial charge on any atom is 0.416 e. The van der Waals surface area contributed by atoms with Gasteiger partial charge in [-0.15, -0.1) is 0 Å². The molecular formula is C20H15ClF3N3. The Labute approximate surface area is 159 Å². The Hall–Kier alpha value is -2.78. The number of rotatable bonds is 1. The highest BCUT2D eigenvalue weighted by atomic mass is 35.5. The zero-order valence-corrected chi connectivity index (χ0v) is 15.6. The highest BCUT2D eigenvalue weighted by Gasteiger charge is 2.31. The van der Waals surface area contributed by atoms with E-state index in [9.17, 15) is 13.2 Å². The Morgan fingerprint density at radius 1 is 1.04 bits per heavy atom. The second-order valence-electron chi connectivity index (χ2n) is 6.10. The quantitative estimate of drug-likeness (QED) is 0.419. The summed E-state index contributed by atoms with van der Waals surface area (Å²) in [5, 5.41) is 0.333. The van der Waals surface area contributed by atoms with Crippen molar-refractivity contribution >= 4 is 11.6 Å². The Balaban J connectivity index is 2.07. The molecule has 0 spiro atoms. The molecule has 1 aromatic carbocycles. The molecule has 0 unspecified atom stereocenters. The summed E-state index contributed by atoms with van der Waals surface area (Å²) in [6.45, 7) is 5.14. The summed E-state index contributed by atoms with van der Waals surface area (Å²) in [4.78, 5) is 8.30. The van der Waals surface area contributed by atoms with Crippen molar-refractivity contribution in [1.29, 1.82) is 0 Å². The highest BCUT2D eigenvalue weighted by Crippen LogP contribution is 2.32. The van der Waals surface area contributed by atoms with Gasteiger partial charge in [0.1, 0.15) is 16.7 Å². The molecule has 3 aromatic rings. The number of hydrogen-bond donors (Lipinski definition) is 0. The normalized spacial score (nSPS) is 11.2. The van der Waals surface area contributed by atoms with Crippen molar-refractivity contribution in [3.8, 4) is 17.5 Å². The van der Waals surface area contributed by atoms with E-state index in [1.165, 1.54) is 0 Å². The molecule has 0 saturated carbocycles. The summed E-state index contributed by atoms with van der Waals surface area (Å²) >= 11 is 5.84. The lowest BCUT2D eigenvalue weighted by Gasteiger charge is -2.13. The van der Waals surface area contributed by atoms with Crippen LogP contribution in [-0.2, 0) is 6.18 Å². The van der Waals surface area contributed by atoms with E-state index in [4.69, 9.17) is 11.6 Å². The van der Waals surface area contributed by atoms with Crippen molar-refractivity contribution in [3.63, 3.8) is 0 Å². The number of alkyl halides is 3. The van der Waals surface area contributed by atoms with Gasteiger partial charge in [-0.1, -0.05) is 17.5 Å². The van der Waals surface area contributed by atoms with Gasteiger partial charge >= 0.3 is 6.18 Å². The molecule has 0 amide bonds. The maximum absolute atomic E-state index is 13.1. The first kappa shape index (κ1) is 19.0. The summed E-state index contributed by atoms with van der Waals surface area (Å²) in [6, 6.07) is 7.28. The number of nitrogens with zero attached hydrogens (tertiary/aromatic N) is 3. The van der Waals surface area contributed by atoms with Gasteiger partial charge in [0.15, 0.2) is 0 Å². The molecule has 0 aliphatic carbocycles. The zero-order valence-electron chi connectivity index (χ0n) is 14.8. The van der Waals surface area contributed by atoms with Crippen LogP contribution in [0.1, 0.15) is 33.9 Å². The molecule has 3 rings (SSSR count). The third kappa shape index (κ3) is 4.15. The van der Waals surface area contributed by atoms with E-state index in [1.807, 2.05) is 0 Å². The summed E-state index contributed by atoms with van der Waals surface area (Å²) < 4.78 is 41.1. The molecule has 0 N–H and O–H groups in total. The largest absolute Gasteiger partial charge is 0.416 e. The third-order valence-electron chi connectivity index (χ3n) is 3.97. The van der Waals surface area contributed by atoms with E-state index >= 15 is 0 Å². The number of imidazole rings is 1. The van der Waals surface area contributed by atoms with Crippen molar-refractivity contribution in [2.45, 2.75) is 26.9 Å². The van der Waals surface area contributed by atoms with Gasteiger partial charge < -0.3 is 0 Å². The second kappa shape index (κ2) is 7.09. The first-order valence-electron chi connectivity index (χ1n) is 8.04. The van der Waals surface area contributed by atoms with E-state index in [2.05, 4.69) is 21.8 Å². The first-order chi connectivity index (χ1) is 12.6. The predicted molar refractivity (Wildman–Crippen MR) is 98.0 cm³/mol. The molecule has 2 aromatic heterocycles. The van der Waals surface area contributed by atoms with Gasteiger partial charge in [0.2, 0.25) is 0 Å². The van der Waals surface area contributed by atoms with Crippen LogP contribution in [0.5, 0.6) is 0 Å². The molecule has 0 aliphatic heterocycles. The van der Waals surface area contributed by atoms with Crippen LogP contribution in [0.4, 0.5) is 13.2 Å². The molecule has 0 atom stereocenters. The number of aromatic nitrogens is 3. The van der Waals surface area contributed by atoms with Gasteiger partial charge in [-0.05, 0) is 62.6 Å². The van der Waals surface area contributed by atoms with Gasteiger partial charge in [-0.25, -0.2) is 9.97 Å². The van der Waals surface area contributed by atoms with Crippen LogP contribution in [0.2, 0.25) is 5.15 Å². The summed E-state index contributed by atoms with van der Waals surface area (Å²) in [5.74, 6) is 6.47. The molecule has 7 heteroatoms. The van der Waals surface area contributed by atoms with Crippen LogP contribution in [0.3, 0.4) is 0 Å². The Morgan fingerprint density at radius 2 is 1.78 bits per heavy atom. The monoisotopic (exact) mass is 389 g/mol. The van der Waals surface area contributed by atoms with Crippen molar-refractivity contribution in [2.75, 3.05) is 0 Å². The predicted octanol–water partition coefficient (Wildman–Crippen LogP) is 5.26. The van der Waals surface area contributed by atoms with E-state index in [0.717, 1.165) is 12.1 Å². The molecule has 0 aliphatic rings. The van der Waals surface area contributed by atoms with Crippen LogP contribution in [-0.4, -0.2) is 14.5 Å². The molecule has 0 bridgehead atoms. The van der Waals surface area contributed by atoms with Gasteiger partial charge in [-0.2, -0.15) is 13.2 Å². The molecule has 27 heavy (non-hydrogen) atoms. The SMILES string of the molecule is Cc1cc(-n2c(C)nc(C#Cc3ccnc(Cl)c3)c2C)cc(C(F)(F)F)c1. The van der Waals surface area contributed by atoms with E-state index in [-0.39, 0.29) is 0 Å². The summed E-state index contributed by atoms with van der Waals surface area (Å²) in [5.41, 5.74) is 2.08. The lowest BCUT2D eigenvalue weighted by molar-refractivity contribution is -0.137.